The molecule has 0 saturated carbocycles. The van der Waals surface area contributed by atoms with Gasteiger partial charge in [-0.3, -0.25) is 0 Å². The van der Waals surface area contributed by atoms with E-state index in [-0.39, 0.29) is 12.2 Å². The number of aliphatic carboxylic acids is 1. The van der Waals surface area contributed by atoms with Crippen molar-refractivity contribution in [3.8, 4) is 0 Å². The number of hydrogen-bond donors (Lipinski definition) is 1. The van der Waals surface area contributed by atoms with Crippen LogP contribution < -0.4 is 4.90 Å². The fourth-order valence-electron chi connectivity index (χ4n) is 1.53. The molecule has 0 amide bonds. The highest BCUT2D eigenvalue weighted by Gasteiger charge is 2.41. The number of ether oxygens (including phenoxy) is 1. The topological polar surface area (TPSA) is 75.6 Å². The quantitative estimate of drug-likeness (QED) is 0.796. The van der Waals surface area contributed by atoms with Gasteiger partial charge in [-0.2, -0.15) is 0 Å². The Balaban J connectivity index is 1.83. The first-order chi connectivity index (χ1) is 7.09. The summed E-state index contributed by atoms with van der Waals surface area (Å²) in [4.78, 5) is 12.4. The Morgan fingerprint density at radius 3 is 3.07 bits per heavy atom. The molecule has 0 radical (unpaired) electrons. The van der Waals surface area contributed by atoms with Crippen molar-refractivity contribution in [2.75, 3.05) is 24.6 Å². The Bertz CT molecular complexity index is 348. The van der Waals surface area contributed by atoms with Crippen LogP contribution in [0, 0.1) is 0 Å². The third kappa shape index (κ3) is 2.24. The predicted octanol–water partition coefficient (Wildman–Crippen LogP) is 0.218. The second-order valence-corrected chi connectivity index (χ2v) is 4.52. The number of carboxylic acid groups (broad SMARTS) is 1. The summed E-state index contributed by atoms with van der Waals surface area (Å²) in [5.41, 5.74) is 1.30. The second kappa shape index (κ2) is 3.74. The van der Waals surface area contributed by atoms with Crippen molar-refractivity contribution in [3.63, 3.8) is 0 Å². The van der Waals surface area contributed by atoms with Crippen LogP contribution in [0.25, 0.3) is 0 Å². The lowest BCUT2D eigenvalue weighted by Gasteiger charge is -2.46. The van der Waals surface area contributed by atoms with Crippen molar-refractivity contribution in [3.05, 3.63) is 5.51 Å². The number of carbonyl (C=O) groups is 1. The zero-order valence-corrected chi connectivity index (χ0v) is 9.03. The summed E-state index contributed by atoms with van der Waals surface area (Å²) >= 11 is 1.46. The summed E-state index contributed by atoms with van der Waals surface area (Å²) in [5, 5.41) is 17.0. The maximum absolute atomic E-state index is 10.3. The molecule has 15 heavy (non-hydrogen) atoms. The zero-order chi connectivity index (χ0) is 10.9. The molecule has 1 fully saturated rings. The average Bonchev–Trinajstić information content (AvgIpc) is 2.62. The lowest BCUT2D eigenvalue weighted by Crippen LogP contribution is -2.62. The average molecular weight is 229 g/mol. The smallest absolute Gasteiger partial charge is 0.329 e. The van der Waals surface area contributed by atoms with Gasteiger partial charge in [0.25, 0.3) is 0 Å². The molecule has 82 valence electrons. The Hall–Kier alpha value is -1.21. The normalized spacial score (nSPS) is 18.6. The van der Waals surface area contributed by atoms with Gasteiger partial charge in [0.05, 0.1) is 13.1 Å². The summed E-state index contributed by atoms with van der Waals surface area (Å²) in [6.07, 6.45) is 0. The number of anilines is 1. The maximum Gasteiger partial charge on any atom is 0.329 e. The highest BCUT2D eigenvalue weighted by atomic mass is 32.1. The molecule has 6 nitrogen and oxygen atoms in total. The molecule has 1 saturated heterocycles. The SMILES string of the molecule is CC1(OCC(=O)O)CN(c2nncs2)C1. The first-order valence-electron chi connectivity index (χ1n) is 4.46. The number of hydrogen-bond acceptors (Lipinski definition) is 6. The van der Waals surface area contributed by atoms with Crippen LogP contribution in [0.2, 0.25) is 0 Å². The summed E-state index contributed by atoms with van der Waals surface area (Å²) in [6.45, 7) is 2.97. The van der Waals surface area contributed by atoms with E-state index in [0.29, 0.717) is 13.1 Å². The van der Waals surface area contributed by atoms with E-state index < -0.39 is 5.97 Å². The molecule has 0 aromatic carbocycles. The Morgan fingerprint density at radius 1 is 1.80 bits per heavy atom. The summed E-state index contributed by atoms with van der Waals surface area (Å²) < 4.78 is 5.27. The molecule has 0 aliphatic carbocycles. The molecule has 0 unspecified atom stereocenters. The number of carboxylic acids is 1. The molecule has 2 rings (SSSR count). The minimum atomic E-state index is -0.939. The van der Waals surface area contributed by atoms with E-state index in [0.717, 1.165) is 5.13 Å². The highest BCUT2D eigenvalue weighted by molar-refractivity contribution is 7.13. The predicted molar refractivity (Wildman–Crippen MR) is 54.1 cm³/mol. The van der Waals surface area contributed by atoms with Gasteiger partial charge in [0, 0.05) is 0 Å². The van der Waals surface area contributed by atoms with Crippen LogP contribution in [-0.4, -0.2) is 46.6 Å². The lowest BCUT2D eigenvalue weighted by molar-refractivity contribution is -0.150. The minimum Gasteiger partial charge on any atom is -0.480 e. The molecule has 1 aromatic heterocycles. The molecule has 0 spiro atoms. The summed E-state index contributed by atoms with van der Waals surface area (Å²) in [5.74, 6) is -0.939. The molecule has 7 heteroatoms. The molecule has 1 aliphatic heterocycles. The summed E-state index contributed by atoms with van der Waals surface area (Å²) in [6, 6.07) is 0. The van der Waals surface area contributed by atoms with Gasteiger partial charge < -0.3 is 14.7 Å². The van der Waals surface area contributed by atoms with E-state index in [4.69, 9.17) is 9.84 Å². The van der Waals surface area contributed by atoms with Crippen LogP contribution in [0.5, 0.6) is 0 Å². The van der Waals surface area contributed by atoms with Crippen molar-refractivity contribution in [2.45, 2.75) is 12.5 Å². The zero-order valence-electron chi connectivity index (χ0n) is 8.21. The van der Waals surface area contributed by atoms with Gasteiger partial charge in [-0.1, -0.05) is 11.3 Å². The van der Waals surface area contributed by atoms with Crippen LogP contribution in [0.4, 0.5) is 5.13 Å². The van der Waals surface area contributed by atoms with E-state index in [9.17, 15) is 4.79 Å². The molecule has 0 atom stereocenters. The lowest BCUT2D eigenvalue weighted by atomic mass is 9.97. The van der Waals surface area contributed by atoms with Gasteiger partial charge in [-0.05, 0) is 6.92 Å². The van der Waals surface area contributed by atoms with Crippen molar-refractivity contribution < 1.29 is 14.6 Å². The first-order valence-corrected chi connectivity index (χ1v) is 5.34. The molecular weight excluding hydrogens is 218 g/mol. The maximum atomic E-state index is 10.3. The van der Waals surface area contributed by atoms with Gasteiger partial charge in [-0.15, -0.1) is 10.2 Å². The standard InChI is InChI=1S/C8H11N3O3S/c1-8(14-2-6(12)13)3-11(4-8)7-10-9-5-15-7/h5H,2-4H2,1H3,(H,12,13). The van der Waals surface area contributed by atoms with Crippen molar-refractivity contribution in [1.82, 2.24) is 10.2 Å². The van der Waals surface area contributed by atoms with Crippen LogP contribution in [0.15, 0.2) is 5.51 Å². The van der Waals surface area contributed by atoms with Crippen molar-refractivity contribution in [1.29, 1.82) is 0 Å². The van der Waals surface area contributed by atoms with Crippen molar-refractivity contribution >= 4 is 22.4 Å². The Labute approximate surface area is 90.5 Å². The Morgan fingerprint density at radius 2 is 2.53 bits per heavy atom. The number of nitrogens with zero attached hydrogens (tertiary/aromatic N) is 3. The van der Waals surface area contributed by atoms with Gasteiger partial charge in [0.1, 0.15) is 17.7 Å². The van der Waals surface area contributed by atoms with Gasteiger partial charge in [0.15, 0.2) is 0 Å². The van der Waals surface area contributed by atoms with Gasteiger partial charge in [0.2, 0.25) is 5.13 Å². The van der Waals surface area contributed by atoms with Crippen LogP contribution in [0.1, 0.15) is 6.92 Å². The molecule has 0 bridgehead atoms. The molecule has 1 aromatic rings. The molecule has 1 N–H and O–H groups in total. The molecule has 1 aliphatic rings. The minimum absolute atomic E-state index is 0.250. The number of aromatic nitrogens is 2. The monoisotopic (exact) mass is 229 g/mol. The van der Waals surface area contributed by atoms with Gasteiger partial charge in [-0.25, -0.2) is 4.79 Å². The van der Waals surface area contributed by atoms with Crippen LogP contribution in [0.3, 0.4) is 0 Å². The van der Waals surface area contributed by atoms with Crippen molar-refractivity contribution in [2.24, 2.45) is 0 Å². The van der Waals surface area contributed by atoms with E-state index in [1.807, 2.05) is 11.8 Å². The van der Waals surface area contributed by atoms with Gasteiger partial charge >= 0.3 is 5.97 Å². The van der Waals surface area contributed by atoms with E-state index in [2.05, 4.69) is 10.2 Å². The third-order valence-corrected chi connectivity index (χ3v) is 2.96. The van der Waals surface area contributed by atoms with E-state index >= 15 is 0 Å². The van der Waals surface area contributed by atoms with E-state index in [1.165, 1.54) is 11.3 Å². The fraction of sp³-hybridized carbons (Fsp3) is 0.625. The first kappa shape index (κ1) is 10.3. The molecular formula is C8H11N3O3S. The van der Waals surface area contributed by atoms with E-state index in [1.54, 1.807) is 5.51 Å². The molecule has 2 heterocycles. The Kier molecular flexibility index (Phi) is 2.57. The number of rotatable bonds is 4. The summed E-state index contributed by atoms with van der Waals surface area (Å²) in [7, 11) is 0. The van der Waals surface area contributed by atoms with Crippen LogP contribution >= 0.6 is 11.3 Å². The van der Waals surface area contributed by atoms with Crippen LogP contribution in [-0.2, 0) is 9.53 Å². The largest absolute Gasteiger partial charge is 0.480 e. The highest BCUT2D eigenvalue weighted by Crippen LogP contribution is 2.30. The second-order valence-electron chi connectivity index (χ2n) is 3.71. The fourth-order valence-corrected chi connectivity index (χ4v) is 2.09. The third-order valence-electron chi connectivity index (χ3n) is 2.21.